The second-order valence-electron chi connectivity index (χ2n) is 4.65. The molecule has 0 radical (unpaired) electrons. The molecule has 74 valence electrons. The molecule has 0 saturated heterocycles. The maximum Gasteiger partial charge on any atom is 0.166 e. The first-order chi connectivity index (χ1) is 6.16. The van der Waals surface area contributed by atoms with E-state index in [1.807, 2.05) is 11.9 Å². The third-order valence-electron chi connectivity index (χ3n) is 3.77. The summed E-state index contributed by atoms with van der Waals surface area (Å²) < 4.78 is 0. The van der Waals surface area contributed by atoms with Crippen molar-refractivity contribution in [3.05, 3.63) is 0 Å². The van der Waals surface area contributed by atoms with Crippen molar-refractivity contribution in [2.75, 3.05) is 13.6 Å². The van der Waals surface area contributed by atoms with E-state index in [1.54, 1.807) is 0 Å². The van der Waals surface area contributed by atoms with Crippen molar-refractivity contribution >= 4 is 17.3 Å². The Kier molecular flexibility index (Phi) is 2.45. The number of hydrogen-bond donors (Lipinski definition) is 1. The molecule has 2 rings (SSSR count). The van der Waals surface area contributed by atoms with E-state index in [2.05, 4.69) is 0 Å². The van der Waals surface area contributed by atoms with Gasteiger partial charge in [-0.1, -0.05) is 6.42 Å². The predicted molar refractivity (Wildman–Crippen MR) is 58.4 cm³/mol. The van der Waals surface area contributed by atoms with Gasteiger partial charge in [0.15, 0.2) is 5.11 Å². The Morgan fingerprint density at radius 1 is 1.46 bits per heavy atom. The summed E-state index contributed by atoms with van der Waals surface area (Å²) in [6.45, 7) is 1.08. The minimum Gasteiger partial charge on any atom is -0.376 e. The Morgan fingerprint density at radius 3 is 2.69 bits per heavy atom. The molecule has 0 aliphatic heterocycles. The van der Waals surface area contributed by atoms with Gasteiger partial charge >= 0.3 is 0 Å². The molecule has 0 heterocycles. The van der Waals surface area contributed by atoms with Gasteiger partial charge in [-0.2, -0.15) is 0 Å². The van der Waals surface area contributed by atoms with Gasteiger partial charge in [0.25, 0.3) is 0 Å². The molecule has 3 heteroatoms. The maximum atomic E-state index is 5.57. The van der Waals surface area contributed by atoms with Gasteiger partial charge in [-0.15, -0.1) is 0 Å². The molecule has 2 fully saturated rings. The third kappa shape index (κ3) is 1.80. The van der Waals surface area contributed by atoms with Crippen molar-refractivity contribution in [1.82, 2.24) is 4.90 Å². The van der Waals surface area contributed by atoms with Gasteiger partial charge in [-0.05, 0) is 49.2 Å². The fourth-order valence-electron chi connectivity index (χ4n) is 3.04. The van der Waals surface area contributed by atoms with E-state index in [1.165, 1.54) is 25.7 Å². The first kappa shape index (κ1) is 9.25. The summed E-state index contributed by atoms with van der Waals surface area (Å²) in [5.74, 6) is 2.86. The third-order valence-corrected chi connectivity index (χ3v) is 4.08. The number of hydrogen-bond acceptors (Lipinski definition) is 1. The van der Waals surface area contributed by atoms with Gasteiger partial charge in [0.05, 0.1) is 0 Å². The van der Waals surface area contributed by atoms with Crippen molar-refractivity contribution in [3.63, 3.8) is 0 Å². The second-order valence-corrected chi connectivity index (χ2v) is 5.07. The summed E-state index contributed by atoms with van der Waals surface area (Å²) in [7, 11) is 2.01. The van der Waals surface area contributed by atoms with Crippen LogP contribution >= 0.6 is 12.2 Å². The van der Waals surface area contributed by atoms with Crippen LogP contribution in [-0.2, 0) is 0 Å². The van der Waals surface area contributed by atoms with E-state index in [-0.39, 0.29) is 0 Å². The summed E-state index contributed by atoms with van der Waals surface area (Å²) in [5.41, 5.74) is 5.57. The van der Waals surface area contributed by atoms with Crippen LogP contribution in [0.1, 0.15) is 25.7 Å². The van der Waals surface area contributed by atoms with E-state index >= 15 is 0 Å². The molecular formula is C10H18N2S. The molecule has 2 N–H and O–H groups in total. The highest BCUT2D eigenvalue weighted by atomic mass is 32.1. The van der Waals surface area contributed by atoms with Crippen molar-refractivity contribution in [3.8, 4) is 0 Å². The van der Waals surface area contributed by atoms with E-state index in [4.69, 9.17) is 18.0 Å². The monoisotopic (exact) mass is 198 g/mol. The van der Waals surface area contributed by atoms with Crippen LogP contribution in [0.3, 0.4) is 0 Å². The van der Waals surface area contributed by atoms with Crippen LogP contribution < -0.4 is 5.73 Å². The summed E-state index contributed by atoms with van der Waals surface area (Å²) in [6.07, 6.45) is 5.80. The van der Waals surface area contributed by atoms with Gasteiger partial charge in [0.1, 0.15) is 0 Å². The zero-order valence-electron chi connectivity index (χ0n) is 8.20. The second kappa shape index (κ2) is 3.45. The molecule has 0 aromatic heterocycles. The fraction of sp³-hybridized carbons (Fsp3) is 0.900. The summed E-state index contributed by atoms with van der Waals surface area (Å²) >= 11 is 4.94. The first-order valence-corrected chi connectivity index (χ1v) is 5.58. The van der Waals surface area contributed by atoms with Crippen LogP contribution in [-0.4, -0.2) is 23.6 Å². The smallest absolute Gasteiger partial charge is 0.166 e. The van der Waals surface area contributed by atoms with Crippen molar-refractivity contribution in [2.45, 2.75) is 25.7 Å². The summed E-state index contributed by atoms with van der Waals surface area (Å²) in [6, 6.07) is 0. The van der Waals surface area contributed by atoms with Crippen LogP contribution in [0.2, 0.25) is 0 Å². The molecule has 2 nitrogen and oxygen atoms in total. The van der Waals surface area contributed by atoms with Crippen LogP contribution in [0.25, 0.3) is 0 Å². The largest absolute Gasteiger partial charge is 0.376 e. The Balaban J connectivity index is 1.86. The van der Waals surface area contributed by atoms with Crippen LogP contribution in [0.5, 0.6) is 0 Å². The highest BCUT2D eigenvalue weighted by molar-refractivity contribution is 7.80. The Hall–Kier alpha value is -0.310. The van der Waals surface area contributed by atoms with Crippen molar-refractivity contribution in [1.29, 1.82) is 0 Å². The number of fused-ring (bicyclic) bond motifs is 2. The lowest BCUT2D eigenvalue weighted by atomic mass is 9.88. The Morgan fingerprint density at radius 2 is 2.23 bits per heavy atom. The minimum atomic E-state index is 0.544. The lowest BCUT2D eigenvalue weighted by molar-refractivity contribution is 0.277. The minimum absolute atomic E-state index is 0.544. The summed E-state index contributed by atoms with van der Waals surface area (Å²) in [4.78, 5) is 2.03. The summed E-state index contributed by atoms with van der Waals surface area (Å²) in [5, 5.41) is 0.544. The Bertz CT molecular complexity index is 217. The highest BCUT2D eigenvalue weighted by Crippen LogP contribution is 2.48. The number of rotatable bonds is 2. The molecule has 2 saturated carbocycles. The molecule has 0 spiro atoms. The van der Waals surface area contributed by atoms with E-state index < -0.39 is 0 Å². The molecule has 0 aromatic rings. The van der Waals surface area contributed by atoms with Gasteiger partial charge in [0.2, 0.25) is 0 Å². The zero-order valence-corrected chi connectivity index (χ0v) is 9.02. The SMILES string of the molecule is CN(CC1CC2CCC1C2)C(N)=S. The topological polar surface area (TPSA) is 29.3 Å². The van der Waals surface area contributed by atoms with Gasteiger partial charge < -0.3 is 10.6 Å². The molecule has 3 atom stereocenters. The van der Waals surface area contributed by atoms with Crippen LogP contribution in [0, 0.1) is 17.8 Å². The van der Waals surface area contributed by atoms with Gasteiger partial charge in [0, 0.05) is 13.6 Å². The van der Waals surface area contributed by atoms with Crippen LogP contribution in [0.15, 0.2) is 0 Å². The van der Waals surface area contributed by atoms with E-state index in [0.717, 1.165) is 24.3 Å². The molecule has 0 aromatic carbocycles. The number of nitrogens with two attached hydrogens (primary N) is 1. The lowest BCUT2D eigenvalue weighted by Gasteiger charge is -2.27. The molecule has 2 bridgehead atoms. The molecule has 13 heavy (non-hydrogen) atoms. The first-order valence-electron chi connectivity index (χ1n) is 5.17. The molecule has 3 unspecified atom stereocenters. The van der Waals surface area contributed by atoms with E-state index in [9.17, 15) is 0 Å². The molecule has 2 aliphatic carbocycles. The number of nitrogens with zero attached hydrogens (tertiary/aromatic N) is 1. The normalized spacial score (nSPS) is 36.5. The lowest BCUT2D eigenvalue weighted by Crippen LogP contribution is -2.37. The van der Waals surface area contributed by atoms with Crippen LogP contribution in [0.4, 0.5) is 0 Å². The van der Waals surface area contributed by atoms with Crippen molar-refractivity contribution < 1.29 is 0 Å². The average molecular weight is 198 g/mol. The molecule has 2 aliphatic rings. The number of thiocarbonyl (C=S) groups is 1. The zero-order chi connectivity index (χ0) is 9.42. The van der Waals surface area contributed by atoms with Gasteiger partial charge in [-0.25, -0.2) is 0 Å². The molecule has 0 amide bonds. The van der Waals surface area contributed by atoms with E-state index in [0.29, 0.717) is 5.11 Å². The highest BCUT2D eigenvalue weighted by Gasteiger charge is 2.39. The average Bonchev–Trinajstić information content (AvgIpc) is 2.64. The van der Waals surface area contributed by atoms with Gasteiger partial charge in [-0.3, -0.25) is 0 Å². The van der Waals surface area contributed by atoms with Crippen molar-refractivity contribution in [2.24, 2.45) is 23.5 Å². The standard InChI is InChI=1S/C10H18N2S/c1-12(10(11)13)6-9-5-7-2-3-8(9)4-7/h7-9H,2-6H2,1H3,(H2,11,13). The fourth-order valence-corrected chi connectivity index (χ4v) is 3.12. The molecular weight excluding hydrogens is 180 g/mol. The predicted octanol–water partition coefficient (Wildman–Crippen LogP) is 1.60. The quantitative estimate of drug-likeness (QED) is 0.683. The maximum absolute atomic E-state index is 5.57. The Labute approximate surface area is 85.5 Å².